The van der Waals surface area contributed by atoms with Crippen LogP contribution in [0.5, 0.6) is 0 Å². The topological polar surface area (TPSA) is 69.7 Å². The molecule has 0 atom stereocenters. The number of anilines is 1. The monoisotopic (exact) mass is 425 g/mol. The van der Waals surface area contributed by atoms with Crippen molar-refractivity contribution in [3.8, 4) is 0 Å². The van der Waals surface area contributed by atoms with Gasteiger partial charge in [-0.05, 0) is 54.4 Å². The number of amides is 2. The molecular weight excluding hydrogens is 402 g/mol. The van der Waals surface area contributed by atoms with E-state index in [0.717, 1.165) is 24.3 Å². The lowest BCUT2D eigenvalue weighted by Gasteiger charge is -2.34. The molecule has 7 heteroatoms. The first kappa shape index (κ1) is 20.6. The molecule has 0 bridgehead atoms. The number of halogens is 1. The summed E-state index contributed by atoms with van der Waals surface area (Å²) in [6.07, 6.45) is 1.57. The van der Waals surface area contributed by atoms with Crippen LogP contribution in [0.1, 0.15) is 39.1 Å². The molecule has 0 spiro atoms. The first-order valence-electron chi connectivity index (χ1n) is 10.2. The van der Waals surface area contributed by atoms with Gasteiger partial charge in [0.15, 0.2) is 5.78 Å². The van der Waals surface area contributed by atoms with Crippen molar-refractivity contribution in [1.29, 1.82) is 0 Å². The van der Waals surface area contributed by atoms with Crippen molar-refractivity contribution in [3.05, 3.63) is 64.2 Å². The molecule has 0 aromatic heterocycles. The maximum absolute atomic E-state index is 12.9. The molecule has 1 fully saturated rings. The summed E-state index contributed by atoms with van der Waals surface area (Å²) in [7, 11) is 0. The minimum absolute atomic E-state index is 0.0200. The summed E-state index contributed by atoms with van der Waals surface area (Å²) in [5.41, 5.74) is 3.16. The van der Waals surface area contributed by atoms with Gasteiger partial charge in [0.2, 0.25) is 5.91 Å². The highest BCUT2D eigenvalue weighted by molar-refractivity contribution is 6.30. The number of nitrogens with one attached hydrogen (secondary N) is 1. The Labute approximate surface area is 180 Å². The van der Waals surface area contributed by atoms with Crippen molar-refractivity contribution >= 4 is 34.9 Å². The minimum atomic E-state index is 0.0200. The number of fused-ring (bicyclic) bond motifs is 1. The SMILES string of the molecule is O=C1CCc2cc(C(=O)N3CCN(CCC(=O)c4ccc(Cl)cc4)CC3)ccc2N1. The van der Waals surface area contributed by atoms with Gasteiger partial charge >= 0.3 is 0 Å². The van der Waals surface area contributed by atoms with Gasteiger partial charge in [0.1, 0.15) is 0 Å². The van der Waals surface area contributed by atoms with Crippen molar-refractivity contribution in [2.24, 2.45) is 0 Å². The fourth-order valence-electron chi connectivity index (χ4n) is 3.91. The highest BCUT2D eigenvalue weighted by atomic mass is 35.5. The Morgan fingerprint density at radius 2 is 1.63 bits per heavy atom. The Kier molecular flexibility index (Phi) is 6.16. The molecule has 0 unspecified atom stereocenters. The van der Waals surface area contributed by atoms with Crippen LogP contribution >= 0.6 is 11.6 Å². The van der Waals surface area contributed by atoms with Gasteiger partial charge in [0.25, 0.3) is 5.91 Å². The number of Topliss-reactive ketones (excluding diaryl/α,β-unsaturated/α-hetero) is 1. The van der Waals surface area contributed by atoms with Gasteiger partial charge in [0, 0.05) is 67.4 Å². The van der Waals surface area contributed by atoms with Crippen LogP contribution in [0.2, 0.25) is 5.02 Å². The molecule has 2 aromatic rings. The number of rotatable bonds is 5. The van der Waals surface area contributed by atoms with Crippen LogP contribution in [0.3, 0.4) is 0 Å². The number of nitrogens with zero attached hydrogens (tertiary/aromatic N) is 2. The molecule has 2 aliphatic heterocycles. The number of piperazine rings is 1. The van der Waals surface area contributed by atoms with Crippen molar-refractivity contribution in [2.75, 3.05) is 38.0 Å². The first-order valence-corrected chi connectivity index (χ1v) is 10.6. The van der Waals surface area contributed by atoms with Gasteiger partial charge in [-0.1, -0.05) is 11.6 Å². The van der Waals surface area contributed by atoms with Gasteiger partial charge in [-0.15, -0.1) is 0 Å². The largest absolute Gasteiger partial charge is 0.336 e. The number of ketones is 1. The van der Waals surface area contributed by atoms with Gasteiger partial charge in [-0.25, -0.2) is 0 Å². The van der Waals surface area contributed by atoms with E-state index in [9.17, 15) is 14.4 Å². The molecular formula is C23H24ClN3O3. The molecule has 30 heavy (non-hydrogen) atoms. The maximum atomic E-state index is 12.9. The quantitative estimate of drug-likeness (QED) is 0.746. The molecule has 2 amide bonds. The average molecular weight is 426 g/mol. The van der Waals surface area contributed by atoms with Crippen LogP contribution in [0.25, 0.3) is 0 Å². The highest BCUT2D eigenvalue weighted by Crippen LogP contribution is 2.24. The number of hydrogen-bond donors (Lipinski definition) is 1. The lowest BCUT2D eigenvalue weighted by Crippen LogP contribution is -2.49. The van der Waals surface area contributed by atoms with E-state index >= 15 is 0 Å². The number of benzene rings is 2. The second-order valence-electron chi connectivity index (χ2n) is 7.73. The number of hydrogen-bond acceptors (Lipinski definition) is 4. The van der Waals surface area contributed by atoms with Gasteiger partial charge < -0.3 is 10.2 Å². The second-order valence-corrected chi connectivity index (χ2v) is 8.17. The van der Waals surface area contributed by atoms with E-state index < -0.39 is 0 Å². The lowest BCUT2D eigenvalue weighted by atomic mass is 10.00. The summed E-state index contributed by atoms with van der Waals surface area (Å²) in [6.45, 7) is 3.47. The molecule has 4 rings (SSSR count). The van der Waals surface area contributed by atoms with Crippen LogP contribution < -0.4 is 5.32 Å². The van der Waals surface area contributed by atoms with Crippen LogP contribution in [-0.4, -0.2) is 60.1 Å². The van der Waals surface area contributed by atoms with Crippen LogP contribution in [-0.2, 0) is 11.2 Å². The third-order valence-corrected chi connectivity index (χ3v) is 5.98. The van der Waals surface area contributed by atoms with Crippen molar-refractivity contribution < 1.29 is 14.4 Å². The number of aryl methyl sites for hydroxylation is 1. The summed E-state index contributed by atoms with van der Waals surface area (Å²) < 4.78 is 0. The highest BCUT2D eigenvalue weighted by Gasteiger charge is 2.24. The minimum Gasteiger partial charge on any atom is -0.336 e. The molecule has 2 heterocycles. The molecule has 6 nitrogen and oxygen atoms in total. The third-order valence-electron chi connectivity index (χ3n) is 5.73. The van der Waals surface area contributed by atoms with Crippen LogP contribution in [0.4, 0.5) is 5.69 Å². The predicted octanol–water partition coefficient (Wildman–Crippen LogP) is 3.26. The van der Waals surface area contributed by atoms with E-state index in [1.165, 1.54) is 0 Å². The van der Waals surface area contributed by atoms with Crippen molar-refractivity contribution in [2.45, 2.75) is 19.3 Å². The molecule has 156 valence electrons. The fraction of sp³-hybridized carbons (Fsp3) is 0.348. The van der Waals surface area contributed by atoms with Gasteiger partial charge in [-0.2, -0.15) is 0 Å². The normalized spacial score (nSPS) is 16.7. The van der Waals surface area contributed by atoms with Gasteiger partial charge in [0.05, 0.1) is 0 Å². The van der Waals surface area contributed by atoms with Gasteiger partial charge in [-0.3, -0.25) is 19.3 Å². The molecule has 0 radical (unpaired) electrons. The molecule has 1 N–H and O–H groups in total. The maximum Gasteiger partial charge on any atom is 0.253 e. The number of carbonyl (C=O) groups excluding carboxylic acids is 3. The van der Waals surface area contributed by atoms with E-state index in [4.69, 9.17) is 11.6 Å². The molecule has 1 saturated heterocycles. The summed E-state index contributed by atoms with van der Waals surface area (Å²) in [4.78, 5) is 40.8. The van der Waals surface area contributed by atoms with E-state index in [1.807, 2.05) is 17.0 Å². The Bertz CT molecular complexity index is 966. The lowest BCUT2D eigenvalue weighted by molar-refractivity contribution is -0.116. The molecule has 2 aromatic carbocycles. The Morgan fingerprint density at radius 1 is 0.933 bits per heavy atom. The van der Waals surface area contributed by atoms with Crippen molar-refractivity contribution in [3.63, 3.8) is 0 Å². The van der Waals surface area contributed by atoms with Crippen LogP contribution in [0.15, 0.2) is 42.5 Å². The van der Waals surface area contributed by atoms with E-state index in [2.05, 4.69) is 10.2 Å². The Morgan fingerprint density at radius 3 is 2.37 bits per heavy atom. The summed E-state index contributed by atoms with van der Waals surface area (Å²) in [5, 5.41) is 3.47. The standard InChI is InChI=1S/C23H24ClN3O3/c24-19-5-1-16(2-6-19)21(28)9-10-26-11-13-27(14-12-26)23(30)18-3-7-20-17(15-18)4-8-22(29)25-20/h1-3,5-7,15H,4,8-14H2,(H,25,29). The zero-order valence-electron chi connectivity index (χ0n) is 16.7. The second kappa shape index (κ2) is 8.98. The smallest absolute Gasteiger partial charge is 0.253 e. The summed E-state index contributed by atoms with van der Waals surface area (Å²) >= 11 is 5.87. The van der Waals surface area contributed by atoms with E-state index in [-0.39, 0.29) is 17.6 Å². The fourth-order valence-corrected chi connectivity index (χ4v) is 4.04. The average Bonchev–Trinajstić information content (AvgIpc) is 2.77. The first-order chi connectivity index (χ1) is 14.5. The molecule has 2 aliphatic rings. The summed E-state index contributed by atoms with van der Waals surface area (Å²) in [5.74, 6) is 0.144. The van der Waals surface area contributed by atoms with Crippen LogP contribution in [0, 0.1) is 0 Å². The zero-order valence-corrected chi connectivity index (χ0v) is 17.5. The predicted molar refractivity (Wildman–Crippen MR) is 116 cm³/mol. The number of carbonyl (C=O) groups is 3. The van der Waals surface area contributed by atoms with E-state index in [1.54, 1.807) is 30.3 Å². The molecule has 0 saturated carbocycles. The zero-order chi connectivity index (χ0) is 21.1. The summed E-state index contributed by atoms with van der Waals surface area (Å²) in [6, 6.07) is 12.5. The Balaban J connectivity index is 1.28. The van der Waals surface area contributed by atoms with E-state index in [0.29, 0.717) is 55.0 Å². The van der Waals surface area contributed by atoms with Crippen molar-refractivity contribution in [1.82, 2.24) is 9.80 Å². The molecule has 0 aliphatic carbocycles. The Hall–Kier alpha value is -2.70. The third kappa shape index (κ3) is 4.71.